The van der Waals surface area contributed by atoms with Crippen LogP contribution in [0.3, 0.4) is 0 Å². The van der Waals surface area contributed by atoms with E-state index in [0.29, 0.717) is 17.0 Å². The van der Waals surface area contributed by atoms with Gasteiger partial charge in [0.2, 0.25) is 0 Å². The van der Waals surface area contributed by atoms with Crippen molar-refractivity contribution in [1.82, 2.24) is 19.7 Å². The standard InChI is InChI=1S/C19H21N7O3S/c1-24-6-8-26(9-7-24)18-22-15-13(28-3)4-5-14(16(15)30-18)29-19(27)23-17-12(10-20)11-21-25(17)2/h4-5,11H,6-9H2,1-3H3,(H,23,27). The molecular weight excluding hydrogens is 406 g/mol. The Morgan fingerprint density at radius 2 is 1.97 bits per heavy atom. The molecular formula is C19H21N7O3S. The highest BCUT2D eigenvalue weighted by atomic mass is 32.1. The number of rotatable bonds is 4. The van der Waals surface area contributed by atoms with Crippen molar-refractivity contribution in [2.75, 3.05) is 50.6 Å². The minimum absolute atomic E-state index is 0.254. The third-order valence-corrected chi connectivity index (χ3v) is 6.07. The van der Waals surface area contributed by atoms with Crippen LogP contribution in [0.4, 0.5) is 15.7 Å². The summed E-state index contributed by atoms with van der Waals surface area (Å²) in [5, 5.41) is 16.6. The zero-order valence-electron chi connectivity index (χ0n) is 16.9. The highest BCUT2D eigenvalue weighted by molar-refractivity contribution is 7.22. The Morgan fingerprint density at radius 1 is 1.23 bits per heavy atom. The van der Waals surface area contributed by atoms with Crippen LogP contribution < -0.4 is 19.7 Å². The number of piperazine rings is 1. The number of nitrogens with zero attached hydrogens (tertiary/aromatic N) is 6. The lowest BCUT2D eigenvalue weighted by Crippen LogP contribution is -2.44. The molecule has 0 radical (unpaired) electrons. The topological polar surface area (TPSA) is 109 Å². The summed E-state index contributed by atoms with van der Waals surface area (Å²) >= 11 is 1.46. The Morgan fingerprint density at radius 3 is 2.67 bits per heavy atom. The van der Waals surface area contributed by atoms with Crippen LogP contribution in [0.2, 0.25) is 0 Å². The number of carbonyl (C=O) groups excluding carboxylic acids is 1. The molecule has 1 aromatic carbocycles. The predicted molar refractivity (Wildman–Crippen MR) is 113 cm³/mol. The fourth-order valence-corrected chi connectivity index (χ4v) is 4.30. The van der Waals surface area contributed by atoms with Crippen molar-refractivity contribution in [3.63, 3.8) is 0 Å². The number of carbonyl (C=O) groups is 1. The summed E-state index contributed by atoms with van der Waals surface area (Å²) in [7, 11) is 5.32. The number of methoxy groups -OCH3 is 1. The summed E-state index contributed by atoms with van der Waals surface area (Å²) in [6.45, 7) is 3.69. The predicted octanol–water partition coefficient (Wildman–Crippen LogP) is 2.27. The number of benzene rings is 1. The van der Waals surface area contributed by atoms with Gasteiger partial charge >= 0.3 is 6.09 Å². The van der Waals surface area contributed by atoms with Gasteiger partial charge in [-0.3, -0.25) is 10.00 Å². The monoisotopic (exact) mass is 427 g/mol. The number of hydrogen-bond acceptors (Lipinski definition) is 9. The zero-order valence-corrected chi connectivity index (χ0v) is 17.7. The van der Waals surface area contributed by atoms with Crippen LogP contribution in [0.1, 0.15) is 5.56 Å². The van der Waals surface area contributed by atoms with Gasteiger partial charge in [-0.2, -0.15) is 10.4 Å². The van der Waals surface area contributed by atoms with Gasteiger partial charge < -0.3 is 19.3 Å². The first-order valence-electron chi connectivity index (χ1n) is 9.32. The van der Waals surface area contributed by atoms with Gasteiger partial charge in [-0.25, -0.2) is 9.78 Å². The average Bonchev–Trinajstić information content (AvgIpc) is 3.33. The van der Waals surface area contributed by atoms with Gasteiger partial charge in [0.05, 0.1) is 13.3 Å². The van der Waals surface area contributed by atoms with Gasteiger partial charge in [-0.05, 0) is 19.2 Å². The number of amides is 1. The number of ether oxygens (including phenoxy) is 2. The summed E-state index contributed by atoms with van der Waals surface area (Å²) < 4.78 is 13.1. The number of aryl methyl sites for hydroxylation is 1. The molecule has 0 bridgehead atoms. The van der Waals surface area contributed by atoms with Crippen LogP contribution >= 0.6 is 11.3 Å². The molecule has 1 aliphatic heterocycles. The van der Waals surface area contributed by atoms with Crippen LogP contribution in [0.15, 0.2) is 18.3 Å². The van der Waals surface area contributed by atoms with Crippen molar-refractivity contribution < 1.29 is 14.3 Å². The fraction of sp³-hybridized carbons (Fsp3) is 0.368. The van der Waals surface area contributed by atoms with E-state index in [1.807, 2.05) is 6.07 Å². The van der Waals surface area contributed by atoms with Gasteiger partial charge in [-0.15, -0.1) is 0 Å². The van der Waals surface area contributed by atoms with Gasteiger partial charge in [0, 0.05) is 33.2 Å². The second-order valence-corrected chi connectivity index (χ2v) is 7.86. The maximum atomic E-state index is 12.5. The second-order valence-electron chi connectivity index (χ2n) is 6.89. The van der Waals surface area contributed by atoms with Crippen molar-refractivity contribution in [2.45, 2.75) is 0 Å². The van der Waals surface area contributed by atoms with Crippen molar-refractivity contribution >= 4 is 38.6 Å². The number of likely N-dealkylation sites (N-methyl/N-ethyl adjacent to an activating group) is 1. The largest absolute Gasteiger partial charge is 0.494 e. The normalized spacial score (nSPS) is 14.5. The number of hydrogen-bond donors (Lipinski definition) is 1. The van der Waals surface area contributed by atoms with Gasteiger partial charge in [0.15, 0.2) is 16.7 Å². The molecule has 0 unspecified atom stereocenters. The molecule has 30 heavy (non-hydrogen) atoms. The minimum Gasteiger partial charge on any atom is -0.494 e. The van der Waals surface area contributed by atoms with E-state index in [9.17, 15) is 4.79 Å². The van der Waals surface area contributed by atoms with Crippen LogP contribution in [0, 0.1) is 11.3 Å². The van der Waals surface area contributed by atoms with E-state index in [2.05, 4.69) is 27.3 Å². The molecule has 2 aromatic heterocycles. The molecule has 1 fully saturated rings. The van der Waals surface area contributed by atoms with Crippen molar-refractivity contribution in [3.05, 3.63) is 23.9 Å². The van der Waals surface area contributed by atoms with E-state index >= 15 is 0 Å². The number of nitriles is 1. The van der Waals surface area contributed by atoms with E-state index in [4.69, 9.17) is 19.7 Å². The maximum absolute atomic E-state index is 12.5. The van der Waals surface area contributed by atoms with Crippen LogP contribution in [-0.2, 0) is 7.05 Å². The van der Waals surface area contributed by atoms with E-state index in [0.717, 1.165) is 36.0 Å². The summed E-state index contributed by atoms with van der Waals surface area (Å²) in [5.41, 5.74) is 0.907. The molecule has 0 aliphatic carbocycles. The molecule has 1 N–H and O–H groups in total. The first-order valence-corrected chi connectivity index (χ1v) is 10.1. The van der Waals surface area contributed by atoms with Crippen LogP contribution in [0.25, 0.3) is 10.2 Å². The molecule has 3 heterocycles. The second kappa shape index (κ2) is 8.17. The highest BCUT2D eigenvalue weighted by Crippen LogP contribution is 2.40. The summed E-state index contributed by atoms with van der Waals surface area (Å²) in [4.78, 5) is 21.7. The molecule has 10 nitrogen and oxygen atoms in total. The smallest absolute Gasteiger partial charge is 0.418 e. The number of fused-ring (bicyclic) bond motifs is 1. The van der Waals surface area contributed by atoms with E-state index in [-0.39, 0.29) is 11.4 Å². The summed E-state index contributed by atoms with van der Waals surface area (Å²) in [6, 6.07) is 5.39. The van der Waals surface area contributed by atoms with E-state index in [1.165, 1.54) is 22.2 Å². The molecule has 1 amide bonds. The molecule has 4 rings (SSSR count). The lowest BCUT2D eigenvalue weighted by Gasteiger charge is -2.32. The molecule has 1 saturated heterocycles. The molecule has 0 spiro atoms. The maximum Gasteiger partial charge on any atom is 0.418 e. The number of thiazole rings is 1. The van der Waals surface area contributed by atoms with Gasteiger partial charge in [0.25, 0.3) is 0 Å². The van der Waals surface area contributed by atoms with E-state index in [1.54, 1.807) is 26.3 Å². The Labute approximate surface area is 177 Å². The van der Waals surface area contributed by atoms with Crippen LogP contribution in [0.5, 0.6) is 11.5 Å². The molecule has 11 heteroatoms. The van der Waals surface area contributed by atoms with Crippen LogP contribution in [-0.4, -0.2) is 66.1 Å². The van der Waals surface area contributed by atoms with Gasteiger partial charge in [0.1, 0.15) is 27.6 Å². The lowest BCUT2D eigenvalue weighted by molar-refractivity contribution is 0.215. The minimum atomic E-state index is -0.712. The molecule has 0 atom stereocenters. The SMILES string of the molecule is COc1ccc(OC(=O)Nc2c(C#N)cnn2C)c2sc(N3CCN(C)CC3)nc12. The number of nitrogens with one attached hydrogen (secondary N) is 1. The van der Waals surface area contributed by atoms with Crippen molar-refractivity contribution in [2.24, 2.45) is 7.05 Å². The van der Waals surface area contributed by atoms with Crippen molar-refractivity contribution in [1.29, 1.82) is 5.26 Å². The van der Waals surface area contributed by atoms with Gasteiger partial charge in [-0.1, -0.05) is 11.3 Å². The quantitative estimate of drug-likeness (QED) is 0.676. The summed E-state index contributed by atoms with van der Waals surface area (Å²) in [5.74, 6) is 1.27. The molecule has 1 aliphatic rings. The van der Waals surface area contributed by atoms with E-state index < -0.39 is 6.09 Å². The Hall–Kier alpha value is -3.36. The molecule has 0 saturated carbocycles. The molecule has 156 valence electrons. The third kappa shape index (κ3) is 3.74. The Balaban J connectivity index is 1.61. The first-order chi connectivity index (χ1) is 14.5. The lowest BCUT2D eigenvalue weighted by atomic mass is 10.3. The zero-order chi connectivity index (χ0) is 21.3. The number of aromatic nitrogens is 3. The van der Waals surface area contributed by atoms with Crippen molar-refractivity contribution in [3.8, 4) is 17.6 Å². The Bertz CT molecular complexity index is 1130. The molecule has 3 aromatic rings. The Kier molecular flexibility index (Phi) is 5.43. The number of anilines is 2. The third-order valence-electron chi connectivity index (χ3n) is 4.94. The highest BCUT2D eigenvalue weighted by Gasteiger charge is 2.22. The average molecular weight is 427 g/mol. The summed E-state index contributed by atoms with van der Waals surface area (Å²) in [6.07, 6.45) is 0.670. The first kappa shape index (κ1) is 19.9. The fourth-order valence-electron chi connectivity index (χ4n) is 3.22.